The molecule has 0 fully saturated rings. The molecule has 0 spiro atoms. The fraction of sp³-hybridized carbons (Fsp3) is 0.278. The van der Waals surface area contributed by atoms with E-state index in [9.17, 15) is 13.2 Å². The first kappa shape index (κ1) is 20.4. The lowest BCUT2D eigenvalue weighted by atomic mass is 10.1. The number of anilines is 1. The van der Waals surface area contributed by atoms with E-state index in [-0.39, 0.29) is 10.8 Å². The van der Waals surface area contributed by atoms with Crippen molar-refractivity contribution in [3.05, 3.63) is 58.6 Å². The van der Waals surface area contributed by atoms with Gasteiger partial charge in [0.1, 0.15) is 0 Å². The quantitative estimate of drug-likeness (QED) is 0.597. The molecule has 2 aromatic rings. The van der Waals surface area contributed by atoms with Gasteiger partial charge in [-0.05, 0) is 61.3 Å². The topological polar surface area (TPSA) is 101 Å². The molecule has 0 aliphatic carbocycles. The van der Waals surface area contributed by atoms with Gasteiger partial charge in [0.15, 0.2) is 0 Å². The summed E-state index contributed by atoms with van der Waals surface area (Å²) in [7, 11) is -3.66. The molecule has 0 aromatic heterocycles. The van der Waals surface area contributed by atoms with Gasteiger partial charge in [0.05, 0.1) is 4.90 Å². The van der Waals surface area contributed by atoms with Crippen molar-refractivity contribution >= 4 is 33.2 Å². The Morgan fingerprint density at radius 2 is 1.81 bits per heavy atom. The summed E-state index contributed by atoms with van der Waals surface area (Å²) >= 11 is 5.89. The Morgan fingerprint density at radius 1 is 1.12 bits per heavy atom. The molecule has 0 bridgehead atoms. The molecule has 140 valence electrons. The van der Waals surface area contributed by atoms with Gasteiger partial charge in [0.2, 0.25) is 15.9 Å². The van der Waals surface area contributed by atoms with Crippen LogP contribution in [0, 0.1) is 6.92 Å². The molecule has 0 saturated heterocycles. The third kappa shape index (κ3) is 6.42. The van der Waals surface area contributed by atoms with Crippen LogP contribution in [0.1, 0.15) is 17.5 Å². The van der Waals surface area contributed by atoms with Crippen molar-refractivity contribution in [1.29, 1.82) is 0 Å². The summed E-state index contributed by atoms with van der Waals surface area (Å²) in [6.07, 6.45) is 1.08. The third-order valence-corrected chi connectivity index (χ3v) is 5.00. The molecule has 0 radical (unpaired) electrons. The number of primary sulfonamides is 1. The number of sulfonamides is 1. The molecule has 0 aliphatic rings. The smallest absolute Gasteiger partial charge is 0.238 e. The summed E-state index contributed by atoms with van der Waals surface area (Å²) < 4.78 is 22.4. The molecule has 4 N–H and O–H groups in total. The highest BCUT2D eigenvalue weighted by atomic mass is 35.5. The Bertz CT molecular complexity index is 868. The van der Waals surface area contributed by atoms with Crippen LogP contribution in [0.15, 0.2) is 47.4 Å². The Balaban J connectivity index is 1.69. The summed E-state index contributed by atoms with van der Waals surface area (Å²) in [5.74, 6) is -0.0690. The number of hydrogen-bond donors (Lipinski definition) is 3. The minimum atomic E-state index is -3.66. The van der Waals surface area contributed by atoms with Crippen LogP contribution < -0.4 is 15.8 Å². The predicted molar refractivity (Wildman–Crippen MR) is 104 cm³/mol. The molecule has 0 heterocycles. The zero-order valence-electron chi connectivity index (χ0n) is 14.5. The average Bonchev–Trinajstić information content (AvgIpc) is 2.57. The van der Waals surface area contributed by atoms with E-state index in [0.717, 1.165) is 23.2 Å². The van der Waals surface area contributed by atoms with E-state index in [1.54, 1.807) is 30.3 Å². The van der Waals surface area contributed by atoms with Crippen molar-refractivity contribution in [3.8, 4) is 0 Å². The number of halogens is 1. The van der Waals surface area contributed by atoms with E-state index >= 15 is 0 Å². The van der Waals surface area contributed by atoms with Crippen molar-refractivity contribution in [1.82, 2.24) is 5.32 Å². The standard InChI is InChI=1S/C18H22ClN3O3S/c1-13-12-15(19)4-7-17(13)22-18(23)9-11-21-10-8-14-2-5-16(6-3-14)26(20,24)25/h2-7,12,21H,8-11H2,1H3,(H,22,23)(H2,20,24,25). The lowest BCUT2D eigenvalue weighted by molar-refractivity contribution is -0.116. The van der Waals surface area contributed by atoms with Gasteiger partial charge in [-0.15, -0.1) is 0 Å². The number of nitrogens with one attached hydrogen (secondary N) is 2. The molecule has 0 unspecified atom stereocenters. The number of aryl methyl sites for hydroxylation is 1. The van der Waals surface area contributed by atoms with Crippen molar-refractivity contribution in [2.45, 2.75) is 24.7 Å². The summed E-state index contributed by atoms with van der Waals surface area (Å²) in [6.45, 7) is 3.12. The molecule has 0 aliphatic heterocycles. The minimum Gasteiger partial charge on any atom is -0.326 e. The molecule has 8 heteroatoms. The molecule has 1 amide bonds. The predicted octanol–water partition coefficient (Wildman–Crippen LogP) is 2.46. The Hall–Kier alpha value is -1.93. The van der Waals surface area contributed by atoms with Crippen LogP contribution in [0.4, 0.5) is 5.69 Å². The number of benzene rings is 2. The molecular formula is C18H22ClN3O3S. The first-order valence-electron chi connectivity index (χ1n) is 8.14. The average molecular weight is 396 g/mol. The lowest BCUT2D eigenvalue weighted by Gasteiger charge is -2.09. The Morgan fingerprint density at radius 3 is 2.42 bits per heavy atom. The van der Waals surface area contributed by atoms with Gasteiger partial charge >= 0.3 is 0 Å². The second-order valence-electron chi connectivity index (χ2n) is 5.95. The zero-order valence-corrected chi connectivity index (χ0v) is 16.0. The van der Waals surface area contributed by atoms with E-state index in [0.29, 0.717) is 24.5 Å². The number of carbonyl (C=O) groups is 1. The minimum absolute atomic E-state index is 0.0690. The van der Waals surface area contributed by atoms with E-state index < -0.39 is 10.0 Å². The Kier molecular flexibility index (Phi) is 7.16. The first-order chi connectivity index (χ1) is 12.3. The monoisotopic (exact) mass is 395 g/mol. The van der Waals surface area contributed by atoms with Crippen molar-refractivity contribution in [3.63, 3.8) is 0 Å². The van der Waals surface area contributed by atoms with Gasteiger partial charge in [-0.1, -0.05) is 23.7 Å². The molecule has 0 atom stereocenters. The van der Waals surface area contributed by atoms with Crippen molar-refractivity contribution < 1.29 is 13.2 Å². The maximum absolute atomic E-state index is 12.0. The van der Waals surface area contributed by atoms with Gasteiger partial charge < -0.3 is 10.6 Å². The van der Waals surface area contributed by atoms with Gasteiger partial charge in [0, 0.05) is 23.7 Å². The highest BCUT2D eigenvalue weighted by Crippen LogP contribution is 2.19. The van der Waals surface area contributed by atoms with Crippen LogP contribution in [0.3, 0.4) is 0 Å². The summed E-state index contributed by atoms with van der Waals surface area (Å²) in [6, 6.07) is 11.8. The van der Waals surface area contributed by atoms with Crippen LogP contribution in [0.5, 0.6) is 0 Å². The van der Waals surface area contributed by atoms with Crippen molar-refractivity contribution in [2.24, 2.45) is 5.14 Å². The number of amides is 1. The SMILES string of the molecule is Cc1cc(Cl)ccc1NC(=O)CCNCCc1ccc(S(N)(=O)=O)cc1. The number of rotatable bonds is 8. The largest absolute Gasteiger partial charge is 0.326 e. The first-order valence-corrected chi connectivity index (χ1v) is 10.1. The maximum atomic E-state index is 12.0. The van der Waals surface area contributed by atoms with Gasteiger partial charge in [-0.25, -0.2) is 13.6 Å². The van der Waals surface area contributed by atoms with Crippen LogP contribution in [-0.2, 0) is 21.2 Å². The maximum Gasteiger partial charge on any atom is 0.238 e. The van der Waals surface area contributed by atoms with Gasteiger partial charge in [0.25, 0.3) is 0 Å². The van der Waals surface area contributed by atoms with Crippen LogP contribution in [0.2, 0.25) is 5.02 Å². The molecule has 0 saturated carbocycles. The molecule has 6 nitrogen and oxygen atoms in total. The fourth-order valence-corrected chi connectivity index (χ4v) is 3.13. The van der Waals surface area contributed by atoms with Crippen molar-refractivity contribution in [2.75, 3.05) is 18.4 Å². The van der Waals surface area contributed by atoms with E-state index in [1.807, 2.05) is 6.92 Å². The highest BCUT2D eigenvalue weighted by molar-refractivity contribution is 7.89. The number of hydrogen-bond acceptors (Lipinski definition) is 4. The summed E-state index contributed by atoms with van der Waals surface area (Å²) in [5.41, 5.74) is 2.67. The van der Waals surface area contributed by atoms with Crippen LogP contribution in [-0.4, -0.2) is 27.4 Å². The van der Waals surface area contributed by atoms with E-state index in [2.05, 4.69) is 10.6 Å². The Labute approximate surface area is 158 Å². The number of nitrogens with two attached hydrogens (primary N) is 1. The normalized spacial score (nSPS) is 11.3. The second-order valence-corrected chi connectivity index (χ2v) is 7.94. The zero-order chi connectivity index (χ0) is 19.2. The van der Waals surface area contributed by atoms with Crippen LogP contribution >= 0.6 is 11.6 Å². The number of carbonyl (C=O) groups excluding carboxylic acids is 1. The lowest BCUT2D eigenvalue weighted by Crippen LogP contribution is -2.23. The van der Waals surface area contributed by atoms with Gasteiger partial charge in [-0.2, -0.15) is 0 Å². The summed E-state index contributed by atoms with van der Waals surface area (Å²) in [4.78, 5) is 12.1. The van der Waals surface area contributed by atoms with E-state index in [4.69, 9.17) is 16.7 Å². The molecular weight excluding hydrogens is 374 g/mol. The highest BCUT2D eigenvalue weighted by Gasteiger charge is 2.07. The van der Waals surface area contributed by atoms with E-state index in [1.165, 1.54) is 12.1 Å². The third-order valence-electron chi connectivity index (χ3n) is 3.83. The fourth-order valence-electron chi connectivity index (χ4n) is 2.39. The molecule has 26 heavy (non-hydrogen) atoms. The van der Waals surface area contributed by atoms with Crippen LogP contribution in [0.25, 0.3) is 0 Å². The molecule has 2 aromatic carbocycles. The summed E-state index contributed by atoms with van der Waals surface area (Å²) in [5, 5.41) is 11.8. The van der Waals surface area contributed by atoms with Gasteiger partial charge in [-0.3, -0.25) is 4.79 Å². The molecule has 2 rings (SSSR count). The second kappa shape index (κ2) is 9.14.